The van der Waals surface area contributed by atoms with Gasteiger partial charge in [0.1, 0.15) is 11.6 Å². The molecule has 3 heterocycles. The summed E-state index contributed by atoms with van der Waals surface area (Å²) in [6.45, 7) is 4.26. The molecule has 0 aliphatic carbocycles. The Morgan fingerprint density at radius 3 is 2.71 bits per heavy atom. The van der Waals surface area contributed by atoms with Crippen LogP contribution in [0, 0.1) is 5.82 Å². The van der Waals surface area contributed by atoms with E-state index in [2.05, 4.69) is 15.5 Å². The minimum atomic E-state index is -0.551. The second kappa shape index (κ2) is 9.11. The maximum absolute atomic E-state index is 14.0. The molecule has 5 rings (SSSR count). The second-order valence-electron chi connectivity index (χ2n) is 7.60. The van der Waals surface area contributed by atoms with Gasteiger partial charge in [-0.25, -0.2) is 9.18 Å². The number of allylic oxidation sites excluding steroid dienone is 1. The van der Waals surface area contributed by atoms with E-state index < -0.39 is 11.9 Å². The summed E-state index contributed by atoms with van der Waals surface area (Å²) in [7, 11) is 0. The number of benzene rings is 2. The number of ether oxygens (including phenoxy) is 1. The van der Waals surface area contributed by atoms with Crippen LogP contribution in [0.3, 0.4) is 0 Å². The molecule has 2 amide bonds. The van der Waals surface area contributed by atoms with Crippen molar-refractivity contribution >= 4 is 28.6 Å². The first-order chi connectivity index (χ1) is 16.5. The predicted molar refractivity (Wildman–Crippen MR) is 128 cm³/mol. The number of carbonyl (C=O) groups excluding carboxylic acids is 1. The van der Waals surface area contributed by atoms with Crippen molar-refractivity contribution in [3.8, 4) is 16.5 Å². The first-order valence-corrected chi connectivity index (χ1v) is 11.6. The predicted octanol–water partition coefficient (Wildman–Crippen LogP) is 6.04. The minimum Gasteiger partial charge on any atom is -0.494 e. The number of anilines is 1. The molecule has 0 fully saturated rings. The topological polar surface area (TPSA) is 80.5 Å². The average molecular weight is 477 g/mol. The molecule has 0 bridgehead atoms. The molecule has 172 valence electrons. The van der Waals surface area contributed by atoms with E-state index in [0.29, 0.717) is 29.4 Å². The monoisotopic (exact) mass is 476 g/mol. The van der Waals surface area contributed by atoms with Crippen molar-refractivity contribution in [3.05, 3.63) is 89.0 Å². The third-order valence-electron chi connectivity index (χ3n) is 5.47. The zero-order valence-electron chi connectivity index (χ0n) is 18.5. The smallest absolute Gasteiger partial charge is 0.327 e. The van der Waals surface area contributed by atoms with Gasteiger partial charge >= 0.3 is 6.03 Å². The first kappa shape index (κ1) is 21.8. The zero-order valence-corrected chi connectivity index (χ0v) is 19.3. The molecule has 34 heavy (non-hydrogen) atoms. The molecule has 1 unspecified atom stereocenters. The first-order valence-electron chi connectivity index (χ1n) is 10.7. The van der Waals surface area contributed by atoms with Gasteiger partial charge in [-0.05, 0) is 61.2 Å². The van der Waals surface area contributed by atoms with Crippen LogP contribution in [0.25, 0.3) is 16.3 Å². The van der Waals surface area contributed by atoms with Crippen molar-refractivity contribution < 1.29 is 18.4 Å². The van der Waals surface area contributed by atoms with E-state index in [9.17, 15) is 9.18 Å². The van der Waals surface area contributed by atoms with Gasteiger partial charge in [0.25, 0.3) is 5.89 Å². The van der Waals surface area contributed by atoms with Crippen molar-refractivity contribution in [2.75, 3.05) is 11.5 Å². The van der Waals surface area contributed by atoms with Crippen molar-refractivity contribution in [1.29, 1.82) is 0 Å². The lowest BCUT2D eigenvalue weighted by molar-refractivity contribution is 0.244. The van der Waals surface area contributed by atoms with Crippen molar-refractivity contribution in [1.82, 2.24) is 15.5 Å². The number of hydrogen-bond acceptors (Lipinski definition) is 6. The van der Waals surface area contributed by atoms with Crippen molar-refractivity contribution in [3.63, 3.8) is 0 Å². The van der Waals surface area contributed by atoms with Gasteiger partial charge in [0.05, 0.1) is 28.8 Å². The molecule has 1 aliphatic heterocycles. The van der Waals surface area contributed by atoms with Crippen molar-refractivity contribution in [2.24, 2.45) is 0 Å². The van der Waals surface area contributed by atoms with Crippen LogP contribution >= 0.6 is 11.3 Å². The van der Waals surface area contributed by atoms with Crippen molar-refractivity contribution in [2.45, 2.75) is 19.9 Å². The van der Waals surface area contributed by atoms with Gasteiger partial charge in [-0.2, -0.15) is 4.98 Å². The molecule has 1 atom stereocenters. The van der Waals surface area contributed by atoms with Crippen LogP contribution in [0.2, 0.25) is 0 Å². The van der Waals surface area contributed by atoms with E-state index in [-0.39, 0.29) is 11.9 Å². The second-order valence-corrected chi connectivity index (χ2v) is 8.55. The Kier molecular flexibility index (Phi) is 5.85. The number of hydrogen-bond donors (Lipinski definition) is 1. The lowest BCUT2D eigenvalue weighted by Crippen LogP contribution is -2.46. The molecule has 2 aromatic heterocycles. The number of nitrogens with one attached hydrogen (secondary N) is 1. The summed E-state index contributed by atoms with van der Waals surface area (Å²) in [5, 5.41) is 9.10. The number of aromatic nitrogens is 2. The van der Waals surface area contributed by atoms with Crippen LogP contribution < -0.4 is 15.0 Å². The fourth-order valence-corrected chi connectivity index (χ4v) is 4.61. The Bertz CT molecular complexity index is 1350. The van der Waals surface area contributed by atoms with Gasteiger partial charge < -0.3 is 14.6 Å². The summed E-state index contributed by atoms with van der Waals surface area (Å²) >= 11 is 1.50. The van der Waals surface area contributed by atoms with Gasteiger partial charge in [0.2, 0.25) is 5.82 Å². The van der Waals surface area contributed by atoms with Crippen LogP contribution in [0.5, 0.6) is 5.75 Å². The van der Waals surface area contributed by atoms with E-state index >= 15 is 0 Å². The summed E-state index contributed by atoms with van der Waals surface area (Å²) in [6, 6.07) is 16.2. The molecule has 2 aromatic carbocycles. The van der Waals surface area contributed by atoms with Gasteiger partial charge in [-0.1, -0.05) is 29.4 Å². The Morgan fingerprint density at radius 2 is 2.00 bits per heavy atom. The highest BCUT2D eigenvalue weighted by Gasteiger charge is 2.36. The fraction of sp³-hybridized carbons (Fsp3) is 0.160. The van der Waals surface area contributed by atoms with E-state index in [1.165, 1.54) is 28.4 Å². The Balaban J connectivity index is 1.63. The number of urea groups is 1. The fourth-order valence-electron chi connectivity index (χ4n) is 3.96. The highest BCUT2D eigenvalue weighted by Crippen LogP contribution is 2.39. The molecule has 1 aliphatic rings. The maximum atomic E-state index is 14.0. The summed E-state index contributed by atoms with van der Waals surface area (Å²) < 4.78 is 25.2. The van der Waals surface area contributed by atoms with Gasteiger partial charge in [-0.15, -0.1) is 11.3 Å². The molecule has 7 nitrogen and oxygen atoms in total. The molecule has 0 saturated heterocycles. The number of amides is 2. The Hall–Kier alpha value is -3.98. The van der Waals surface area contributed by atoms with Crippen LogP contribution in [0.1, 0.15) is 31.3 Å². The Morgan fingerprint density at radius 1 is 1.18 bits per heavy atom. The molecule has 4 aromatic rings. The van der Waals surface area contributed by atoms with Crippen LogP contribution in [-0.2, 0) is 0 Å². The van der Waals surface area contributed by atoms with E-state index in [0.717, 1.165) is 16.2 Å². The van der Waals surface area contributed by atoms with E-state index in [4.69, 9.17) is 9.26 Å². The number of rotatable bonds is 6. The van der Waals surface area contributed by atoms with E-state index in [1.54, 1.807) is 19.1 Å². The lowest BCUT2D eigenvalue weighted by atomic mass is 9.94. The van der Waals surface area contributed by atoms with Gasteiger partial charge in [0, 0.05) is 5.70 Å². The molecular formula is C25H21FN4O3S. The number of thiophene rings is 1. The minimum absolute atomic E-state index is 0.279. The lowest BCUT2D eigenvalue weighted by Gasteiger charge is -2.35. The summed E-state index contributed by atoms with van der Waals surface area (Å²) in [5.74, 6) is 1.03. The quantitative estimate of drug-likeness (QED) is 0.367. The highest BCUT2D eigenvalue weighted by atomic mass is 32.1. The molecule has 0 saturated carbocycles. The summed E-state index contributed by atoms with van der Waals surface area (Å²) in [6.07, 6.45) is 0. The van der Waals surface area contributed by atoms with Crippen LogP contribution in [0.4, 0.5) is 14.9 Å². The van der Waals surface area contributed by atoms with Crippen LogP contribution in [0.15, 0.2) is 76.3 Å². The summed E-state index contributed by atoms with van der Waals surface area (Å²) in [4.78, 5) is 20.1. The number of halogens is 1. The van der Waals surface area contributed by atoms with Gasteiger partial charge in [0.15, 0.2) is 0 Å². The molecule has 0 spiro atoms. The molecule has 1 N–H and O–H groups in total. The number of nitrogens with zero attached hydrogens (tertiary/aromatic N) is 3. The zero-order chi connectivity index (χ0) is 23.7. The average Bonchev–Trinajstić information content (AvgIpc) is 3.52. The molecule has 9 heteroatoms. The third-order valence-corrected chi connectivity index (χ3v) is 6.34. The van der Waals surface area contributed by atoms with Gasteiger partial charge in [-0.3, -0.25) is 4.90 Å². The van der Waals surface area contributed by atoms with E-state index in [1.807, 2.05) is 48.7 Å². The number of carbonyl (C=O) groups is 1. The third kappa shape index (κ3) is 4.06. The van der Waals surface area contributed by atoms with Crippen LogP contribution in [-0.4, -0.2) is 22.8 Å². The molecule has 0 radical (unpaired) electrons. The summed E-state index contributed by atoms with van der Waals surface area (Å²) in [5.41, 5.74) is 2.41. The maximum Gasteiger partial charge on any atom is 0.327 e. The SMILES string of the molecule is CCOc1ccc(C2NC(=O)N(c3cccc(F)c3)C(C)=C2c2nc(-c3cccs3)no2)cc1. The normalized spacial score (nSPS) is 16.0. The standard InChI is InChI=1S/C25H21FN4O3S/c1-3-32-19-11-9-16(10-12-19)22-21(24-28-23(29-33-24)20-8-5-13-34-20)15(2)30(25(31)27-22)18-7-4-6-17(26)14-18/h4-14,22H,3H2,1-2H3,(H,27,31). The largest absolute Gasteiger partial charge is 0.494 e. The molecular weight excluding hydrogens is 455 g/mol. The highest BCUT2D eigenvalue weighted by molar-refractivity contribution is 7.13. The Labute approximate surface area is 199 Å².